The summed E-state index contributed by atoms with van der Waals surface area (Å²) in [6, 6.07) is 17.6. The van der Waals surface area contributed by atoms with E-state index in [-0.39, 0.29) is 13.0 Å². The lowest BCUT2D eigenvalue weighted by Gasteiger charge is -2.25. The average Bonchev–Trinajstić information content (AvgIpc) is 2.54. The minimum Gasteiger partial charge on any atom is -0.491 e. The fraction of sp³-hybridized carbons (Fsp3) is 0.176. The Morgan fingerprint density at radius 2 is 1.82 bits per heavy atom. The molecule has 22 heavy (non-hydrogen) atoms. The summed E-state index contributed by atoms with van der Waals surface area (Å²) >= 11 is 0. The van der Waals surface area contributed by atoms with Crippen LogP contribution < -0.4 is 10.5 Å². The first-order chi connectivity index (χ1) is 10.5. The van der Waals surface area contributed by atoms with E-state index in [1.54, 1.807) is 24.3 Å². The summed E-state index contributed by atoms with van der Waals surface area (Å²) in [5, 5.41) is 18.1. The van der Waals surface area contributed by atoms with E-state index in [4.69, 9.17) is 15.7 Å². The van der Waals surface area contributed by atoms with Crippen LogP contribution in [0.4, 0.5) is 0 Å². The van der Waals surface area contributed by atoms with Crippen LogP contribution in [0.2, 0.25) is 0 Å². The molecule has 0 aliphatic rings. The van der Waals surface area contributed by atoms with E-state index in [0.717, 1.165) is 5.56 Å². The molecular formula is C17H16N2O3. The van der Waals surface area contributed by atoms with E-state index in [2.05, 4.69) is 0 Å². The fourth-order valence-electron chi connectivity index (χ4n) is 1.99. The molecule has 5 heteroatoms. The molecule has 0 spiro atoms. The molecule has 0 heterocycles. The highest BCUT2D eigenvalue weighted by molar-refractivity contribution is 5.79. The number of nitriles is 1. The second-order valence-electron chi connectivity index (χ2n) is 5.05. The van der Waals surface area contributed by atoms with Gasteiger partial charge in [-0.2, -0.15) is 5.26 Å². The molecule has 0 saturated carbocycles. The number of aliphatic carboxylic acids is 1. The van der Waals surface area contributed by atoms with Crippen molar-refractivity contribution in [1.29, 1.82) is 5.26 Å². The van der Waals surface area contributed by atoms with Crippen LogP contribution in [0.25, 0.3) is 0 Å². The Morgan fingerprint density at radius 3 is 2.36 bits per heavy atom. The molecule has 5 nitrogen and oxygen atoms in total. The molecule has 2 aromatic carbocycles. The number of nitrogens with zero attached hydrogens (tertiary/aromatic N) is 1. The van der Waals surface area contributed by atoms with Gasteiger partial charge < -0.3 is 15.6 Å². The summed E-state index contributed by atoms with van der Waals surface area (Å²) in [6.45, 7) is -0.164. The van der Waals surface area contributed by atoms with Gasteiger partial charge in [0.15, 0.2) is 5.54 Å². The lowest BCUT2D eigenvalue weighted by Crippen LogP contribution is -2.54. The van der Waals surface area contributed by atoms with Gasteiger partial charge in [-0.15, -0.1) is 0 Å². The fourth-order valence-corrected chi connectivity index (χ4v) is 1.99. The maximum Gasteiger partial charge on any atom is 0.327 e. The van der Waals surface area contributed by atoms with Gasteiger partial charge in [-0.25, -0.2) is 0 Å². The van der Waals surface area contributed by atoms with Crippen LogP contribution in [-0.4, -0.2) is 23.2 Å². The standard InChI is InChI=1S/C17H16N2O3/c18-11-14-6-8-15(9-7-14)22-12-17(19,16(20)21)10-13-4-2-1-3-5-13/h1-9H,10,12,19H2,(H,20,21)/t17-/m0/s1. The van der Waals surface area contributed by atoms with E-state index in [9.17, 15) is 9.90 Å². The van der Waals surface area contributed by atoms with Crippen LogP contribution in [0, 0.1) is 11.3 Å². The largest absolute Gasteiger partial charge is 0.491 e. The highest BCUT2D eigenvalue weighted by atomic mass is 16.5. The Labute approximate surface area is 128 Å². The number of carboxylic acid groups (broad SMARTS) is 1. The Balaban J connectivity index is 2.07. The SMILES string of the molecule is N#Cc1ccc(OC[C@@](N)(Cc2ccccc2)C(=O)O)cc1. The molecule has 0 fully saturated rings. The molecule has 112 valence electrons. The predicted molar refractivity (Wildman–Crippen MR) is 81.4 cm³/mol. The number of nitrogens with two attached hydrogens (primary N) is 1. The van der Waals surface area contributed by atoms with Gasteiger partial charge in [0.2, 0.25) is 0 Å². The summed E-state index contributed by atoms with van der Waals surface area (Å²) in [5.74, 6) is -0.645. The third kappa shape index (κ3) is 3.84. The summed E-state index contributed by atoms with van der Waals surface area (Å²) in [5.41, 5.74) is 5.82. The minimum absolute atomic E-state index is 0.164. The van der Waals surface area contributed by atoms with Crippen LogP contribution in [0.3, 0.4) is 0 Å². The number of ether oxygens (including phenoxy) is 1. The van der Waals surface area contributed by atoms with Gasteiger partial charge in [0, 0.05) is 6.42 Å². The van der Waals surface area contributed by atoms with Gasteiger partial charge in [-0.3, -0.25) is 4.79 Å². The molecule has 0 aromatic heterocycles. The smallest absolute Gasteiger partial charge is 0.327 e. The molecule has 0 aliphatic heterocycles. The zero-order valence-corrected chi connectivity index (χ0v) is 11.9. The van der Waals surface area contributed by atoms with E-state index in [0.29, 0.717) is 11.3 Å². The Kier molecular flexibility index (Phi) is 4.77. The summed E-state index contributed by atoms with van der Waals surface area (Å²) in [6.07, 6.45) is 0.166. The van der Waals surface area contributed by atoms with Gasteiger partial charge in [0.05, 0.1) is 11.6 Å². The van der Waals surface area contributed by atoms with Crippen molar-refractivity contribution < 1.29 is 14.6 Å². The maximum atomic E-state index is 11.5. The highest BCUT2D eigenvalue weighted by Gasteiger charge is 2.35. The summed E-state index contributed by atoms with van der Waals surface area (Å²) in [4.78, 5) is 11.5. The molecule has 0 unspecified atom stereocenters. The lowest BCUT2D eigenvalue weighted by molar-refractivity contribution is -0.144. The van der Waals surface area contributed by atoms with Crippen molar-refractivity contribution in [2.24, 2.45) is 5.73 Å². The van der Waals surface area contributed by atoms with Crippen molar-refractivity contribution in [2.45, 2.75) is 12.0 Å². The Bertz CT molecular complexity index is 677. The molecule has 2 rings (SSSR count). The van der Waals surface area contributed by atoms with Crippen LogP contribution in [0.1, 0.15) is 11.1 Å². The number of hydrogen-bond acceptors (Lipinski definition) is 4. The monoisotopic (exact) mass is 296 g/mol. The minimum atomic E-state index is -1.52. The topological polar surface area (TPSA) is 96.3 Å². The Hall–Kier alpha value is -2.84. The van der Waals surface area contributed by atoms with Crippen LogP contribution in [0.15, 0.2) is 54.6 Å². The van der Waals surface area contributed by atoms with Crippen molar-refractivity contribution in [2.75, 3.05) is 6.61 Å². The summed E-state index contributed by atoms with van der Waals surface area (Å²) in [7, 11) is 0. The number of carbonyl (C=O) groups is 1. The van der Waals surface area contributed by atoms with Gasteiger partial charge in [0.25, 0.3) is 0 Å². The van der Waals surface area contributed by atoms with Crippen LogP contribution in [0.5, 0.6) is 5.75 Å². The molecule has 0 radical (unpaired) electrons. The highest BCUT2D eigenvalue weighted by Crippen LogP contribution is 2.16. The molecule has 0 bridgehead atoms. The zero-order valence-electron chi connectivity index (χ0n) is 11.9. The van der Waals surface area contributed by atoms with Crippen molar-refractivity contribution in [3.05, 3.63) is 65.7 Å². The van der Waals surface area contributed by atoms with E-state index in [1.165, 1.54) is 0 Å². The molecule has 0 amide bonds. The van der Waals surface area contributed by atoms with Crippen molar-refractivity contribution in [1.82, 2.24) is 0 Å². The van der Waals surface area contributed by atoms with Gasteiger partial charge >= 0.3 is 5.97 Å². The van der Waals surface area contributed by atoms with E-state index in [1.807, 2.05) is 36.4 Å². The quantitative estimate of drug-likeness (QED) is 0.849. The first kappa shape index (κ1) is 15.5. The maximum absolute atomic E-state index is 11.5. The van der Waals surface area contributed by atoms with Gasteiger partial charge in [0.1, 0.15) is 12.4 Å². The van der Waals surface area contributed by atoms with Crippen molar-refractivity contribution in [3.8, 4) is 11.8 Å². The molecule has 2 aromatic rings. The molecular weight excluding hydrogens is 280 g/mol. The second kappa shape index (κ2) is 6.74. The number of rotatable bonds is 6. The predicted octanol–water partition coefficient (Wildman–Crippen LogP) is 1.96. The van der Waals surface area contributed by atoms with Crippen LogP contribution >= 0.6 is 0 Å². The number of hydrogen-bond donors (Lipinski definition) is 2. The molecule has 3 N–H and O–H groups in total. The zero-order chi connectivity index (χ0) is 16.0. The first-order valence-corrected chi connectivity index (χ1v) is 6.73. The van der Waals surface area contributed by atoms with Gasteiger partial charge in [-0.1, -0.05) is 30.3 Å². The average molecular weight is 296 g/mol. The van der Waals surface area contributed by atoms with Gasteiger partial charge in [-0.05, 0) is 29.8 Å². The Morgan fingerprint density at radius 1 is 1.18 bits per heavy atom. The number of carboxylic acids is 1. The second-order valence-corrected chi connectivity index (χ2v) is 5.05. The van der Waals surface area contributed by atoms with Crippen LogP contribution in [-0.2, 0) is 11.2 Å². The van der Waals surface area contributed by atoms with Crippen molar-refractivity contribution in [3.63, 3.8) is 0 Å². The summed E-state index contributed by atoms with van der Waals surface area (Å²) < 4.78 is 5.49. The van der Waals surface area contributed by atoms with Crippen molar-refractivity contribution >= 4 is 5.97 Å². The third-order valence-corrected chi connectivity index (χ3v) is 3.27. The lowest BCUT2D eigenvalue weighted by atomic mass is 9.93. The molecule has 1 atom stereocenters. The normalized spacial score (nSPS) is 12.9. The molecule has 0 aliphatic carbocycles. The molecule has 0 saturated heterocycles. The third-order valence-electron chi connectivity index (χ3n) is 3.27. The van der Waals surface area contributed by atoms with E-state index < -0.39 is 11.5 Å². The van der Waals surface area contributed by atoms with E-state index >= 15 is 0 Å². The number of benzene rings is 2. The first-order valence-electron chi connectivity index (χ1n) is 6.73.